The van der Waals surface area contributed by atoms with Gasteiger partial charge in [-0.3, -0.25) is 9.69 Å². The van der Waals surface area contributed by atoms with E-state index in [0.29, 0.717) is 38.2 Å². The molecule has 102 valence electrons. The van der Waals surface area contributed by atoms with E-state index in [0.717, 1.165) is 5.69 Å². The SMILES string of the molecule is NCCCC(=O)Nc1cccc(N2CCOC2=O)c1. The second-order valence-electron chi connectivity index (χ2n) is 4.26. The number of cyclic esters (lactones) is 1. The molecule has 2 amide bonds. The normalized spacial score (nSPS) is 14.4. The number of carbonyl (C=O) groups is 2. The first-order chi connectivity index (χ1) is 9.20. The highest BCUT2D eigenvalue weighted by Crippen LogP contribution is 2.22. The van der Waals surface area contributed by atoms with Crippen LogP contribution in [0.15, 0.2) is 24.3 Å². The Bertz CT molecular complexity index is 476. The van der Waals surface area contributed by atoms with Crippen molar-refractivity contribution in [2.24, 2.45) is 5.73 Å². The van der Waals surface area contributed by atoms with Crippen LogP contribution >= 0.6 is 0 Å². The largest absolute Gasteiger partial charge is 0.447 e. The number of nitrogens with zero attached hydrogens (tertiary/aromatic N) is 1. The molecule has 1 heterocycles. The molecule has 1 fully saturated rings. The standard InChI is InChI=1S/C13H17N3O3/c14-6-2-5-12(17)15-10-3-1-4-11(9-10)16-7-8-19-13(16)18/h1,3-4,9H,2,5-8,14H2,(H,15,17). The number of hydrogen-bond donors (Lipinski definition) is 2. The first kappa shape index (κ1) is 13.4. The quantitative estimate of drug-likeness (QED) is 0.839. The first-order valence-corrected chi connectivity index (χ1v) is 6.25. The summed E-state index contributed by atoms with van der Waals surface area (Å²) in [5.41, 5.74) is 6.74. The Morgan fingerprint density at radius 3 is 3.00 bits per heavy atom. The van der Waals surface area contributed by atoms with Gasteiger partial charge in [-0.05, 0) is 31.2 Å². The predicted octanol–water partition coefficient (Wildman–Crippen LogP) is 1.32. The van der Waals surface area contributed by atoms with E-state index < -0.39 is 0 Å². The highest BCUT2D eigenvalue weighted by molar-refractivity contribution is 5.93. The molecule has 1 aromatic carbocycles. The fourth-order valence-corrected chi connectivity index (χ4v) is 1.87. The number of nitrogens with one attached hydrogen (secondary N) is 1. The van der Waals surface area contributed by atoms with E-state index in [1.165, 1.54) is 4.90 Å². The van der Waals surface area contributed by atoms with Gasteiger partial charge in [0, 0.05) is 17.8 Å². The van der Waals surface area contributed by atoms with E-state index in [9.17, 15) is 9.59 Å². The molecule has 1 aliphatic heterocycles. The Morgan fingerprint density at radius 1 is 1.47 bits per heavy atom. The maximum atomic E-state index is 11.6. The number of rotatable bonds is 5. The van der Waals surface area contributed by atoms with E-state index in [4.69, 9.17) is 10.5 Å². The van der Waals surface area contributed by atoms with Crippen molar-refractivity contribution in [3.05, 3.63) is 24.3 Å². The summed E-state index contributed by atoms with van der Waals surface area (Å²) < 4.78 is 4.88. The summed E-state index contributed by atoms with van der Waals surface area (Å²) in [5.74, 6) is -0.0772. The van der Waals surface area contributed by atoms with Gasteiger partial charge in [0.2, 0.25) is 5.91 Å². The molecular weight excluding hydrogens is 246 g/mol. The second-order valence-corrected chi connectivity index (χ2v) is 4.26. The molecule has 19 heavy (non-hydrogen) atoms. The summed E-state index contributed by atoms with van der Waals surface area (Å²) in [4.78, 5) is 24.6. The lowest BCUT2D eigenvalue weighted by molar-refractivity contribution is -0.116. The van der Waals surface area contributed by atoms with E-state index in [1.54, 1.807) is 18.2 Å². The van der Waals surface area contributed by atoms with Gasteiger partial charge < -0.3 is 15.8 Å². The van der Waals surface area contributed by atoms with Crippen LogP contribution in [0.25, 0.3) is 0 Å². The van der Waals surface area contributed by atoms with Crippen LogP contribution in [0.2, 0.25) is 0 Å². The number of amides is 2. The number of anilines is 2. The minimum absolute atomic E-state index is 0.0772. The van der Waals surface area contributed by atoms with E-state index >= 15 is 0 Å². The smallest absolute Gasteiger partial charge is 0.414 e. The van der Waals surface area contributed by atoms with Gasteiger partial charge in [0.15, 0.2) is 0 Å². The van der Waals surface area contributed by atoms with Crippen molar-refractivity contribution >= 4 is 23.4 Å². The van der Waals surface area contributed by atoms with Crippen molar-refractivity contribution in [2.45, 2.75) is 12.8 Å². The van der Waals surface area contributed by atoms with Crippen molar-refractivity contribution in [3.63, 3.8) is 0 Å². The molecule has 0 spiro atoms. The molecule has 3 N–H and O–H groups in total. The molecule has 1 aromatic rings. The average molecular weight is 263 g/mol. The zero-order chi connectivity index (χ0) is 13.7. The van der Waals surface area contributed by atoms with Crippen LogP contribution in [0.3, 0.4) is 0 Å². The molecule has 0 saturated carbocycles. The predicted molar refractivity (Wildman–Crippen MR) is 72.1 cm³/mol. The van der Waals surface area contributed by atoms with Gasteiger partial charge in [-0.1, -0.05) is 6.07 Å². The molecule has 0 aromatic heterocycles. The van der Waals surface area contributed by atoms with Crippen LogP contribution in [0.1, 0.15) is 12.8 Å². The molecule has 0 atom stereocenters. The Balaban J connectivity index is 2.02. The molecule has 6 nitrogen and oxygen atoms in total. The summed E-state index contributed by atoms with van der Waals surface area (Å²) in [6.07, 6.45) is 0.697. The number of nitrogens with two attached hydrogens (primary N) is 1. The highest BCUT2D eigenvalue weighted by Gasteiger charge is 2.23. The summed E-state index contributed by atoms with van der Waals surface area (Å²) in [6.45, 7) is 1.42. The van der Waals surface area contributed by atoms with Gasteiger partial charge >= 0.3 is 6.09 Å². The maximum Gasteiger partial charge on any atom is 0.414 e. The van der Waals surface area contributed by atoms with Crippen molar-refractivity contribution < 1.29 is 14.3 Å². The molecule has 1 saturated heterocycles. The average Bonchev–Trinajstić information content (AvgIpc) is 2.83. The fourth-order valence-electron chi connectivity index (χ4n) is 1.87. The maximum absolute atomic E-state index is 11.6. The van der Waals surface area contributed by atoms with Crippen LogP contribution in [0.5, 0.6) is 0 Å². The number of benzene rings is 1. The molecule has 6 heteroatoms. The number of carbonyl (C=O) groups excluding carboxylic acids is 2. The topological polar surface area (TPSA) is 84.7 Å². The third-order valence-electron chi connectivity index (χ3n) is 2.81. The minimum Gasteiger partial charge on any atom is -0.447 e. The third-order valence-corrected chi connectivity index (χ3v) is 2.81. The zero-order valence-corrected chi connectivity index (χ0v) is 10.6. The Kier molecular flexibility index (Phi) is 4.35. The molecular formula is C13H17N3O3. The van der Waals surface area contributed by atoms with Gasteiger partial charge in [0.25, 0.3) is 0 Å². The van der Waals surface area contributed by atoms with Gasteiger partial charge in [-0.15, -0.1) is 0 Å². The van der Waals surface area contributed by atoms with E-state index in [-0.39, 0.29) is 12.0 Å². The van der Waals surface area contributed by atoms with Crippen LogP contribution in [-0.4, -0.2) is 31.7 Å². The van der Waals surface area contributed by atoms with Crippen molar-refractivity contribution in [3.8, 4) is 0 Å². The number of ether oxygens (including phenoxy) is 1. The molecule has 0 radical (unpaired) electrons. The highest BCUT2D eigenvalue weighted by atomic mass is 16.6. The Morgan fingerprint density at radius 2 is 2.32 bits per heavy atom. The summed E-state index contributed by atoms with van der Waals surface area (Å²) in [6, 6.07) is 7.14. The van der Waals surface area contributed by atoms with E-state index in [2.05, 4.69) is 5.32 Å². The van der Waals surface area contributed by atoms with Crippen LogP contribution < -0.4 is 16.0 Å². The van der Waals surface area contributed by atoms with Crippen LogP contribution in [0.4, 0.5) is 16.2 Å². The number of hydrogen-bond acceptors (Lipinski definition) is 4. The van der Waals surface area contributed by atoms with Gasteiger partial charge in [-0.25, -0.2) is 4.79 Å². The van der Waals surface area contributed by atoms with E-state index in [1.807, 2.05) is 6.07 Å². The third kappa shape index (κ3) is 3.45. The van der Waals surface area contributed by atoms with Gasteiger partial charge in [0.05, 0.1) is 6.54 Å². The molecule has 0 unspecified atom stereocenters. The van der Waals surface area contributed by atoms with Crippen molar-refractivity contribution in [1.82, 2.24) is 0 Å². The molecule has 0 bridgehead atoms. The summed E-state index contributed by atoms with van der Waals surface area (Å²) in [7, 11) is 0. The van der Waals surface area contributed by atoms with Gasteiger partial charge in [0.1, 0.15) is 6.61 Å². The van der Waals surface area contributed by atoms with Crippen LogP contribution in [0, 0.1) is 0 Å². The minimum atomic E-state index is -0.355. The second kappa shape index (κ2) is 6.19. The summed E-state index contributed by atoms with van der Waals surface area (Å²) in [5, 5.41) is 2.78. The molecule has 2 rings (SSSR count). The lowest BCUT2D eigenvalue weighted by Crippen LogP contribution is -2.23. The lowest BCUT2D eigenvalue weighted by Gasteiger charge is -2.14. The Hall–Kier alpha value is -2.08. The molecule has 0 aliphatic carbocycles. The molecule has 1 aliphatic rings. The fraction of sp³-hybridized carbons (Fsp3) is 0.385. The monoisotopic (exact) mass is 263 g/mol. The van der Waals surface area contributed by atoms with Crippen molar-refractivity contribution in [2.75, 3.05) is 29.9 Å². The first-order valence-electron chi connectivity index (χ1n) is 6.25. The zero-order valence-electron chi connectivity index (χ0n) is 10.6. The van der Waals surface area contributed by atoms with Crippen molar-refractivity contribution in [1.29, 1.82) is 0 Å². The van der Waals surface area contributed by atoms with Gasteiger partial charge in [-0.2, -0.15) is 0 Å². The van der Waals surface area contributed by atoms with Crippen LogP contribution in [-0.2, 0) is 9.53 Å². The lowest BCUT2D eigenvalue weighted by atomic mass is 10.2. The Labute approximate surface area is 111 Å². The summed E-state index contributed by atoms with van der Waals surface area (Å²) >= 11 is 0.